The molecule has 0 bridgehead atoms. The van der Waals surface area contributed by atoms with Crippen LogP contribution >= 0.6 is 0 Å². The second-order valence-corrected chi connectivity index (χ2v) is 5.57. The highest BCUT2D eigenvalue weighted by Crippen LogP contribution is 2.38. The Hall–Kier alpha value is -2.01. The molecule has 1 aliphatic rings. The molecular formula is C16H17FN2O2. The summed E-state index contributed by atoms with van der Waals surface area (Å²) in [5, 5.41) is 4.12. The largest absolute Gasteiger partial charge is 0.380 e. The number of allylic oxidation sites excluding steroid dienone is 1. The summed E-state index contributed by atoms with van der Waals surface area (Å²) in [5.41, 5.74) is 1.58. The van der Waals surface area contributed by atoms with Gasteiger partial charge in [0.1, 0.15) is 5.82 Å². The molecule has 2 heterocycles. The molecule has 110 valence electrons. The Bertz CT molecular complexity index is 651. The molecule has 3 rings (SSSR count). The molecular weight excluding hydrogens is 271 g/mol. The molecule has 2 aromatic rings. The molecule has 0 amide bonds. The number of hydrogen-bond acceptors (Lipinski definition) is 4. The minimum atomic E-state index is -0.453. The molecule has 1 saturated heterocycles. The zero-order valence-electron chi connectivity index (χ0n) is 12.1. The van der Waals surface area contributed by atoms with E-state index in [2.05, 4.69) is 10.1 Å². The summed E-state index contributed by atoms with van der Waals surface area (Å²) in [7, 11) is 0. The van der Waals surface area contributed by atoms with Gasteiger partial charge in [0.05, 0.1) is 12.0 Å². The lowest BCUT2D eigenvalue weighted by Crippen LogP contribution is -2.29. The first-order valence-corrected chi connectivity index (χ1v) is 6.93. The Labute approximate surface area is 122 Å². The summed E-state index contributed by atoms with van der Waals surface area (Å²) in [6, 6.07) is 6.43. The maximum absolute atomic E-state index is 13.2. The number of aromatic nitrogens is 2. The smallest absolute Gasteiger partial charge is 0.250 e. The van der Waals surface area contributed by atoms with Crippen LogP contribution in [0.15, 0.2) is 34.4 Å². The number of hydrogen-bond donors (Lipinski definition) is 0. The maximum Gasteiger partial charge on any atom is 0.250 e. The Morgan fingerprint density at radius 1 is 1.29 bits per heavy atom. The third-order valence-corrected chi connectivity index (χ3v) is 3.70. The Balaban J connectivity index is 2.03. The summed E-state index contributed by atoms with van der Waals surface area (Å²) >= 11 is 0. The van der Waals surface area contributed by atoms with Crippen LogP contribution in [0.25, 0.3) is 6.08 Å². The minimum Gasteiger partial charge on any atom is -0.380 e. The number of halogens is 1. The topological polar surface area (TPSA) is 48.2 Å². The second kappa shape index (κ2) is 5.41. The Morgan fingerprint density at radius 2 is 2.05 bits per heavy atom. The number of benzene rings is 1. The van der Waals surface area contributed by atoms with Crippen molar-refractivity contribution >= 4 is 6.08 Å². The second-order valence-electron chi connectivity index (χ2n) is 5.57. The van der Waals surface area contributed by atoms with E-state index in [4.69, 9.17) is 9.26 Å². The molecule has 5 heteroatoms. The van der Waals surface area contributed by atoms with E-state index in [1.165, 1.54) is 12.1 Å². The SMILES string of the molecule is CC(C)=Cc1nc([C@]2(c3ccc(F)cc3)CCOC2)no1. The van der Waals surface area contributed by atoms with Gasteiger partial charge in [0.25, 0.3) is 5.89 Å². The van der Waals surface area contributed by atoms with Crippen molar-refractivity contribution in [3.05, 3.63) is 52.9 Å². The third-order valence-electron chi connectivity index (χ3n) is 3.70. The molecule has 1 aliphatic heterocycles. The minimum absolute atomic E-state index is 0.258. The van der Waals surface area contributed by atoms with Gasteiger partial charge in [-0.1, -0.05) is 22.9 Å². The lowest BCUT2D eigenvalue weighted by Gasteiger charge is -2.23. The molecule has 1 aromatic carbocycles. The average Bonchev–Trinajstić information content (AvgIpc) is 3.08. The van der Waals surface area contributed by atoms with E-state index in [9.17, 15) is 4.39 Å². The van der Waals surface area contributed by atoms with E-state index in [0.717, 1.165) is 17.6 Å². The standard InChI is InChI=1S/C16H17FN2O2/c1-11(2)9-14-18-15(19-21-14)16(7-8-20-10-16)12-3-5-13(17)6-4-12/h3-6,9H,7-8,10H2,1-2H3/t16-/m1/s1. The number of rotatable bonds is 3. The zero-order chi connectivity index (χ0) is 14.9. The zero-order valence-corrected chi connectivity index (χ0v) is 12.1. The molecule has 0 saturated carbocycles. The van der Waals surface area contributed by atoms with Gasteiger partial charge in [-0.05, 0) is 38.0 Å². The van der Waals surface area contributed by atoms with E-state index in [0.29, 0.717) is 24.9 Å². The Morgan fingerprint density at radius 3 is 2.67 bits per heavy atom. The van der Waals surface area contributed by atoms with Crippen molar-refractivity contribution in [1.29, 1.82) is 0 Å². The lowest BCUT2D eigenvalue weighted by molar-refractivity contribution is 0.182. The van der Waals surface area contributed by atoms with Crippen LogP contribution in [0.4, 0.5) is 4.39 Å². The van der Waals surface area contributed by atoms with Gasteiger partial charge in [0, 0.05) is 12.7 Å². The Kier molecular flexibility index (Phi) is 3.59. The van der Waals surface area contributed by atoms with Crippen molar-refractivity contribution < 1.29 is 13.7 Å². The fourth-order valence-electron chi connectivity index (χ4n) is 2.60. The fourth-order valence-corrected chi connectivity index (χ4v) is 2.60. The van der Waals surface area contributed by atoms with Gasteiger partial charge in [-0.3, -0.25) is 0 Å². The normalized spacial score (nSPS) is 21.5. The van der Waals surface area contributed by atoms with Crippen LogP contribution in [0.2, 0.25) is 0 Å². The van der Waals surface area contributed by atoms with Gasteiger partial charge >= 0.3 is 0 Å². The van der Waals surface area contributed by atoms with Crippen LogP contribution in [-0.4, -0.2) is 23.4 Å². The van der Waals surface area contributed by atoms with Crippen molar-refractivity contribution in [1.82, 2.24) is 10.1 Å². The van der Waals surface area contributed by atoms with Crippen LogP contribution in [0, 0.1) is 5.82 Å². The van der Waals surface area contributed by atoms with Crippen molar-refractivity contribution in [3.8, 4) is 0 Å². The van der Waals surface area contributed by atoms with E-state index in [-0.39, 0.29) is 5.82 Å². The predicted molar refractivity (Wildman–Crippen MR) is 76.2 cm³/mol. The van der Waals surface area contributed by atoms with Crippen molar-refractivity contribution in [3.63, 3.8) is 0 Å². The molecule has 0 radical (unpaired) electrons. The number of nitrogens with zero attached hydrogens (tertiary/aromatic N) is 2. The van der Waals surface area contributed by atoms with E-state index >= 15 is 0 Å². The highest BCUT2D eigenvalue weighted by Gasteiger charge is 2.42. The number of ether oxygens (including phenoxy) is 1. The molecule has 0 aliphatic carbocycles. The van der Waals surface area contributed by atoms with Gasteiger partial charge in [-0.2, -0.15) is 4.98 Å². The molecule has 1 fully saturated rings. The van der Waals surface area contributed by atoms with Gasteiger partial charge < -0.3 is 9.26 Å². The summed E-state index contributed by atoms with van der Waals surface area (Å²) < 4.78 is 24.0. The van der Waals surface area contributed by atoms with Gasteiger partial charge in [-0.15, -0.1) is 0 Å². The third kappa shape index (κ3) is 2.61. The van der Waals surface area contributed by atoms with E-state index in [1.807, 2.05) is 19.9 Å². The molecule has 0 N–H and O–H groups in total. The van der Waals surface area contributed by atoms with Crippen molar-refractivity contribution in [2.75, 3.05) is 13.2 Å². The molecule has 1 atom stereocenters. The summed E-state index contributed by atoms with van der Waals surface area (Å²) in [4.78, 5) is 4.48. The predicted octanol–water partition coefficient (Wildman–Crippen LogP) is 3.34. The quantitative estimate of drug-likeness (QED) is 0.869. The molecule has 21 heavy (non-hydrogen) atoms. The first kappa shape index (κ1) is 13.9. The summed E-state index contributed by atoms with van der Waals surface area (Å²) in [6.45, 7) is 5.05. The first-order valence-electron chi connectivity index (χ1n) is 6.93. The molecule has 0 spiro atoms. The molecule has 0 unspecified atom stereocenters. The van der Waals surface area contributed by atoms with E-state index in [1.54, 1.807) is 12.1 Å². The monoisotopic (exact) mass is 288 g/mol. The van der Waals surface area contributed by atoms with Crippen LogP contribution < -0.4 is 0 Å². The molecule has 4 nitrogen and oxygen atoms in total. The van der Waals surface area contributed by atoms with Crippen LogP contribution in [0.3, 0.4) is 0 Å². The van der Waals surface area contributed by atoms with Crippen molar-refractivity contribution in [2.45, 2.75) is 25.7 Å². The van der Waals surface area contributed by atoms with Crippen LogP contribution in [0.5, 0.6) is 0 Å². The van der Waals surface area contributed by atoms with Crippen LogP contribution in [-0.2, 0) is 10.2 Å². The van der Waals surface area contributed by atoms with Gasteiger partial charge in [0.2, 0.25) is 0 Å². The van der Waals surface area contributed by atoms with Gasteiger partial charge in [0.15, 0.2) is 5.82 Å². The van der Waals surface area contributed by atoms with Crippen molar-refractivity contribution in [2.24, 2.45) is 0 Å². The lowest BCUT2D eigenvalue weighted by atomic mass is 9.79. The van der Waals surface area contributed by atoms with E-state index < -0.39 is 5.41 Å². The fraction of sp³-hybridized carbons (Fsp3) is 0.375. The first-order chi connectivity index (χ1) is 10.1. The summed E-state index contributed by atoms with van der Waals surface area (Å²) in [5.74, 6) is 0.823. The average molecular weight is 288 g/mol. The molecule has 1 aromatic heterocycles. The highest BCUT2D eigenvalue weighted by molar-refractivity contribution is 5.43. The van der Waals surface area contributed by atoms with Crippen LogP contribution in [0.1, 0.15) is 37.5 Å². The highest BCUT2D eigenvalue weighted by atomic mass is 19.1. The van der Waals surface area contributed by atoms with Gasteiger partial charge in [-0.25, -0.2) is 4.39 Å². The maximum atomic E-state index is 13.2. The summed E-state index contributed by atoms with van der Waals surface area (Å²) in [6.07, 6.45) is 2.59.